The van der Waals surface area contributed by atoms with E-state index in [0.29, 0.717) is 19.6 Å². The summed E-state index contributed by atoms with van der Waals surface area (Å²) in [4.78, 5) is 23.5. The molecule has 0 bridgehead atoms. The molecule has 3 rings (SSSR count). The first kappa shape index (κ1) is 15.2. The molecule has 3 N–H and O–H groups in total. The highest BCUT2D eigenvalue weighted by Crippen LogP contribution is 2.10. The van der Waals surface area contributed by atoms with Crippen molar-refractivity contribution in [3.05, 3.63) is 53.9 Å². The zero-order valence-corrected chi connectivity index (χ0v) is 12.7. The second-order valence-corrected chi connectivity index (χ2v) is 5.44. The fourth-order valence-corrected chi connectivity index (χ4v) is 2.54. The van der Waals surface area contributed by atoms with Crippen LogP contribution in [0.1, 0.15) is 11.1 Å². The Morgan fingerprint density at radius 3 is 2.87 bits per heavy atom. The molecule has 0 radical (unpaired) electrons. The van der Waals surface area contributed by atoms with Crippen molar-refractivity contribution in [1.82, 2.24) is 25.7 Å². The average Bonchev–Trinajstić information content (AvgIpc) is 3.07. The highest BCUT2D eigenvalue weighted by Gasteiger charge is 2.24. The maximum Gasteiger partial charge on any atom is 0.244 e. The van der Waals surface area contributed by atoms with Gasteiger partial charge in [0, 0.05) is 25.5 Å². The van der Waals surface area contributed by atoms with Gasteiger partial charge in [-0.3, -0.25) is 14.3 Å². The van der Waals surface area contributed by atoms with E-state index in [-0.39, 0.29) is 18.4 Å². The van der Waals surface area contributed by atoms with E-state index in [1.165, 1.54) is 0 Å². The molecule has 1 unspecified atom stereocenters. The number of hydrogen-bond acceptors (Lipinski definition) is 4. The number of carbonyl (C=O) groups is 2. The summed E-state index contributed by atoms with van der Waals surface area (Å²) in [5.41, 5.74) is 2.13. The molecular formula is C16H19N5O2. The largest absolute Gasteiger partial charge is 0.350 e. The molecule has 1 atom stereocenters. The molecule has 2 heterocycles. The van der Waals surface area contributed by atoms with Gasteiger partial charge >= 0.3 is 0 Å². The number of carbonyl (C=O) groups excluding carboxylic acids is 2. The van der Waals surface area contributed by atoms with E-state index in [0.717, 1.165) is 11.1 Å². The molecule has 7 heteroatoms. The first-order valence-corrected chi connectivity index (χ1v) is 7.54. The molecule has 1 aromatic carbocycles. The monoisotopic (exact) mass is 313 g/mol. The van der Waals surface area contributed by atoms with Crippen LogP contribution in [0.15, 0.2) is 42.7 Å². The number of aromatic nitrogens is 2. The van der Waals surface area contributed by atoms with Gasteiger partial charge in [0.2, 0.25) is 11.8 Å². The number of hydrogen-bond donors (Lipinski definition) is 3. The van der Waals surface area contributed by atoms with Gasteiger partial charge in [0.25, 0.3) is 0 Å². The molecule has 1 aliphatic heterocycles. The van der Waals surface area contributed by atoms with Crippen molar-refractivity contribution in [2.24, 2.45) is 0 Å². The fraction of sp³-hybridized carbons (Fsp3) is 0.312. The summed E-state index contributed by atoms with van der Waals surface area (Å²) in [5, 5.41) is 12.7. The van der Waals surface area contributed by atoms with Gasteiger partial charge < -0.3 is 16.0 Å². The molecule has 23 heavy (non-hydrogen) atoms. The Morgan fingerprint density at radius 1 is 1.30 bits per heavy atom. The van der Waals surface area contributed by atoms with Crippen molar-refractivity contribution < 1.29 is 9.59 Å². The van der Waals surface area contributed by atoms with Crippen LogP contribution in [0.25, 0.3) is 0 Å². The van der Waals surface area contributed by atoms with E-state index in [1.807, 2.05) is 41.2 Å². The predicted molar refractivity (Wildman–Crippen MR) is 84.4 cm³/mol. The second kappa shape index (κ2) is 7.06. The van der Waals surface area contributed by atoms with E-state index in [1.54, 1.807) is 6.20 Å². The first-order valence-electron chi connectivity index (χ1n) is 7.54. The SMILES string of the molecule is O=C1CNCC(C(=O)NCc2ccccc2Cn2cccn2)N1. The molecule has 0 spiro atoms. The van der Waals surface area contributed by atoms with Crippen molar-refractivity contribution in [2.75, 3.05) is 13.1 Å². The molecule has 2 aromatic rings. The third-order valence-corrected chi connectivity index (χ3v) is 3.75. The molecule has 1 aliphatic rings. The normalized spacial score (nSPS) is 17.6. The van der Waals surface area contributed by atoms with Crippen LogP contribution in [0, 0.1) is 0 Å². The Labute approximate surface area is 134 Å². The van der Waals surface area contributed by atoms with E-state index < -0.39 is 6.04 Å². The van der Waals surface area contributed by atoms with E-state index in [4.69, 9.17) is 0 Å². The predicted octanol–water partition coefficient (Wildman–Crippen LogP) is -0.364. The molecule has 120 valence electrons. The summed E-state index contributed by atoms with van der Waals surface area (Å²) in [5.74, 6) is -0.338. The van der Waals surface area contributed by atoms with E-state index >= 15 is 0 Å². The van der Waals surface area contributed by atoms with Crippen LogP contribution in [0.3, 0.4) is 0 Å². The number of rotatable bonds is 5. The van der Waals surface area contributed by atoms with Gasteiger partial charge in [-0.2, -0.15) is 5.10 Å². The van der Waals surface area contributed by atoms with Crippen LogP contribution in [0.2, 0.25) is 0 Å². The zero-order valence-electron chi connectivity index (χ0n) is 12.7. The van der Waals surface area contributed by atoms with Crippen LogP contribution in [-0.2, 0) is 22.7 Å². The lowest BCUT2D eigenvalue weighted by Crippen LogP contribution is -2.58. The lowest BCUT2D eigenvalue weighted by molar-refractivity contribution is -0.130. The van der Waals surface area contributed by atoms with Crippen molar-refractivity contribution in [2.45, 2.75) is 19.1 Å². The smallest absolute Gasteiger partial charge is 0.244 e. The Balaban J connectivity index is 1.61. The Hall–Kier alpha value is -2.67. The number of nitrogens with zero attached hydrogens (tertiary/aromatic N) is 2. The summed E-state index contributed by atoms with van der Waals surface area (Å²) in [7, 11) is 0. The van der Waals surface area contributed by atoms with Crippen LogP contribution >= 0.6 is 0 Å². The molecule has 0 aliphatic carbocycles. The maximum atomic E-state index is 12.2. The van der Waals surface area contributed by atoms with Gasteiger partial charge in [0.15, 0.2) is 0 Å². The summed E-state index contributed by atoms with van der Waals surface area (Å²) >= 11 is 0. The van der Waals surface area contributed by atoms with Crippen molar-refractivity contribution in [3.8, 4) is 0 Å². The minimum absolute atomic E-state index is 0.157. The van der Waals surface area contributed by atoms with Crippen LogP contribution < -0.4 is 16.0 Å². The van der Waals surface area contributed by atoms with Gasteiger partial charge in [-0.05, 0) is 17.2 Å². The Kier molecular flexibility index (Phi) is 4.68. The standard InChI is InChI=1S/C16H19N5O2/c22-15-10-17-9-14(20-15)16(23)18-8-12-4-1-2-5-13(12)11-21-7-3-6-19-21/h1-7,14,17H,8-11H2,(H,18,23)(H,20,22). The summed E-state index contributed by atoms with van der Waals surface area (Å²) in [6, 6.07) is 9.27. The number of benzene rings is 1. The van der Waals surface area contributed by atoms with Gasteiger partial charge in [0.1, 0.15) is 6.04 Å². The summed E-state index contributed by atoms with van der Waals surface area (Å²) in [6.07, 6.45) is 3.64. The van der Waals surface area contributed by atoms with E-state index in [2.05, 4.69) is 21.0 Å². The average molecular weight is 313 g/mol. The minimum Gasteiger partial charge on any atom is -0.350 e. The Bertz CT molecular complexity index is 684. The zero-order chi connectivity index (χ0) is 16.1. The van der Waals surface area contributed by atoms with Gasteiger partial charge in [-0.1, -0.05) is 24.3 Å². The topological polar surface area (TPSA) is 88.1 Å². The van der Waals surface area contributed by atoms with Gasteiger partial charge in [0.05, 0.1) is 13.1 Å². The Morgan fingerprint density at radius 2 is 2.13 bits per heavy atom. The number of nitrogens with one attached hydrogen (secondary N) is 3. The molecule has 0 saturated carbocycles. The molecule has 1 saturated heterocycles. The maximum absolute atomic E-state index is 12.2. The molecule has 1 aromatic heterocycles. The molecule has 1 fully saturated rings. The molecule has 2 amide bonds. The molecular weight excluding hydrogens is 294 g/mol. The summed E-state index contributed by atoms with van der Waals surface area (Å²) in [6.45, 7) is 1.78. The molecule has 7 nitrogen and oxygen atoms in total. The van der Waals surface area contributed by atoms with Crippen LogP contribution in [0.5, 0.6) is 0 Å². The quantitative estimate of drug-likeness (QED) is 0.703. The lowest BCUT2D eigenvalue weighted by atomic mass is 10.1. The summed E-state index contributed by atoms with van der Waals surface area (Å²) < 4.78 is 1.84. The van der Waals surface area contributed by atoms with Crippen LogP contribution in [-0.4, -0.2) is 40.7 Å². The second-order valence-electron chi connectivity index (χ2n) is 5.44. The van der Waals surface area contributed by atoms with Gasteiger partial charge in [-0.25, -0.2) is 0 Å². The fourth-order valence-electron chi connectivity index (χ4n) is 2.54. The van der Waals surface area contributed by atoms with E-state index in [9.17, 15) is 9.59 Å². The van der Waals surface area contributed by atoms with Crippen LogP contribution in [0.4, 0.5) is 0 Å². The highest BCUT2D eigenvalue weighted by molar-refractivity contribution is 5.89. The first-order chi connectivity index (χ1) is 11.2. The highest BCUT2D eigenvalue weighted by atomic mass is 16.2. The van der Waals surface area contributed by atoms with Crippen molar-refractivity contribution in [3.63, 3.8) is 0 Å². The van der Waals surface area contributed by atoms with Gasteiger partial charge in [-0.15, -0.1) is 0 Å². The number of piperazine rings is 1. The third kappa shape index (κ3) is 3.95. The minimum atomic E-state index is -0.519. The third-order valence-electron chi connectivity index (χ3n) is 3.75. The van der Waals surface area contributed by atoms with Crippen molar-refractivity contribution in [1.29, 1.82) is 0 Å². The van der Waals surface area contributed by atoms with Crippen molar-refractivity contribution >= 4 is 11.8 Å². The number of amides is 2. The lowest BCUT2D eigenvalue weighted by Gasteiger charge is -2.23.